The van der Waals surface area contributed by atoms with Gasteiger partial charge in [0, 0.05) is 11.1 Å². The Morgan fingerprint density at radius 2 is 0.953 bits per heavy atom. The van der Waals surface area contributed by atoms with Crippen LogP contribution in [0.5, 0.6) is 34.5 Å². The van der Waals surface area contributed by atoms with Crippen LogP contribution in [0.15, 0.2) is 48.5 Å². The van der Waals surface area contributed by atoms with Gasteiger partial charge < -0.3 is 42.6 Å². The minimum Gasteiger partial charge on any atom is -0.493 e. The standard InChI is InChI=1S/C32H36O11/c1-35-27-5-3-23(19-33)15-29(27)42-21-25-17-31-32(41-14-12-39-10-8-37-7-9-38-11-13-40-31)18-26(25)22-43-30-16-24(20-34)4-6-28(30)36-2/h3-6,15-20H,7-14,21-22H2,1-2H3. The number of methoxy groups -OCH3 is 2. The Balaban J connectivity index is 1.65. The Labute approximate surface area is 250 Å². The zero-order valence-electron chi connectivity index (χ0n) is 24.3. The van der Waals surface area contributed by atoms with E-state index in [-0.39, 0.29) is 26.4 Å². The van der Waals surface area contributed by atoms with Crippen molar-refractivity contribution in [1.29, 1.82) is 0 Å². The quantitative estimate of drug-likeness (QED) is 0.312. The van der Waals surface area contributed by atoms with Crippen molar-refractivity contribution in [2.24, 2.45) is 0 Å². The smallest absolute Gasteiger partial charge is 0.162 e. The highest BCUT2D eigenvalue weighted by Crippen LogP contribution is 2.35. The molecule has 43 heavy (non-hydrogen) atoms. The van der Waals surface area contributed by atoms with Gasteiger partial charge in [0.2, 0.25) is 0 Å². The van der Waals surface area contributed by atoms with Crippen LogP contribution in [0.1, 0.15) is 31.8 Å². The van der Waals surface area contributed by atoms with Crippen LogP contribution in [0.2, 0.25) is 0 Å². The fourth-order valence-electron chi connectivity index (χ4n) is 4.17. The number of benzene rings is 3. The Kier molecular flexibility index (Phi) is 12.5. The molecule has 0 fully saturated rings. The minimum absolute atomic E-state index is 0.0937. The average Bonchev–Trinajstić information content (AvgIpc) is 3.05. The van der Waals surface area contributed by atoms with Crippen molar-refractivity contribution >= 4 is 12.6 Å². The molecule has 3 aromatic carbocycles. The molecule has 0 unspecified atom stereocenters. The topological polar surface area (TPSA) is 117 Å². The second-order valence-corrected chi connectivity index (χ2v) is 9.24. The lowest BCUT2D eigenvalue weighted by Gasteiger charge is -2.19. The van der Waals surface area contributed by atoms with Crippen LogP contribution in [-0.2, 0) is 27.4 Å². The summed E-state index contributed by atoms with van der Waals surface area (Å²) in [6, 6.07) is 13.5. The average molecular weight is 597 g/mol. The molecular formula is C32H36O11. The van der Waals surface area contributed by atoms with Crippen LogP contribution in [0, 0.1) is 0 Å². The molecule has 0 aromatic heterocycles. The molecular weight excluding hydrogens is 560 g/mol. The second-order valence-electron chi connectivity index (χ2n) is 9.24. The highest BCUT2D eigenvalue weighted by Gasteiger charge is 2.17. The lowest BCUT2D eigenvalue weighted by atomic mass is 10.1. The number of aldehydes is 2. The molecule has 0 bridgehead atoms. The summed E-state index contributed by atoms with van der Waals surface area (Å²) in [5, 5.41) is 0. The first kappa shape index (κ1) is 31.6. The number of ether oxygens (including phenoxy) is 9. The van der Waals surface area contributed by atoms with Gasteiger partial charge in [0.25, 0.3) is 0 Å². The van der Waals surface area contributed by atoms with Crippen LogP contribution in [0.25, 0.3) is 0 Å². The van der Waals surface area contributed by atoms with Crippen molar-refractivity contribution in [3.63, 3.8) is 0 Å². The third-order valence-electron chi connectivity index (χ3n) is 6.39. The van der Waals surface area contributed by atoms with Gasteiger partial charge in [-0.15, -0.1) is 0 Å². The van der Waals surface area contributed by atoms with Gasteiger partial charge in [-0.2, -0.15) is 0 Å². The molecule has 0 saturated heterocycles. The second kappa shape index (κ2) is 17.0. The maximum Gasteiger partial charge on any atom is 0.162 e. The molecule has 0 spiro atoms. The van der Waals surface area contributed by atoms with Crippen LogP contribution in [0.4, 0.5) is 0 Å². The van der Waals surface area contributed by atoms with Crippen LogP contribution in [0.3, 0.4) is 0 Å². The van der Waals surface area contributed by atoms with E-state index in [0.29, 0.717) is 85.3 Å². The van der Waals surface area contributed by atoms with Crippen LogP contribution in [-0.4, -0.2) is 79.6 Å². The van der Waals surface area contributed by atoms with Crippen molar-refractivity contribution in [2.75, 3.05) is 67.1 Å². The van der Waals surface area contributed by atoms with Gasteiger partial charge in [0.1, 0.15) is 39.0 Å². The number of rotatable bonds is 10. The van der Waals surface area contributed by atoms with Crippen molar-refractivity contribution in [3.8, 4) is 34.5 Å². The van der Waals surface area contributed by atoms with Gasteiger partial charge in [-0.05, 0) is 59.7 Å². The van der Waals surface area contributed by atoms with E-state index >= 15 is 0 Å². The van der Waals surface area contributed by atoms with Gasteiger partial charge in [-0.3, -0.25) is 9.59 Å². The maximum atomic E-state index is 11.4. The number of fused-ring (bicyclic) bond motifs is 1. The highest BCUT2D eigenvalue weighted by molar-refractivity contribution is 5.77. The molecule has 1 aliphatic heterocycles. The van der Waals surface area contributed by atoms with Gasteiger partial charge in [-0.25, -0.2) is 0 Å². The van der Waals surface area contributed by atoms with E-state index in [1.54, 1.807) is 36.4 Å². The van der Waals surface area contributed by atoms with E-state index in [1.165, 1.54) is 14.2 Å². The number of hydrogen-bond acceptors (Lipinski definition) is 11. The number of carbonyl (C=O) groups is 2. The zero-order valence-corrected chi connectivity index (χ0v) is 24.3. The van der Waals surface area contributed by atoms with Gasteiger partial charge >= 0.3 is 0 Å². The fourth-order valence-corrected chi connectivity index (χ4v) is 4.17. The molecule has 0 radical (unpaired) electrons. The lowest BCUT2D eigenvalue weighted by molar-refractivity contribution is 0.00708. The Hall–Kier alpha value is -4.32. The molecule has 3 aromatic rings. The monoisotopic (exact) mass is 596 g/mol. The molecule has 4 rings (SSSR count). The summed E-state index contributed by atoms with van der Waals surface area (Å²) < 4.78 is 51.9. The fraction of sp³-hybridized carbons (Fsp3) is 0.375. The number of hydrogen-bond donors (Lipinski definition) is 0. The summed E-state index contributed by atoms with van der Waals surface area (Å²) in [6.07, 6.45) is 1.48. The third-order valence-corrected chi connectivity index (χ3v) is 6.39. The summed E-state index contributed by atoms with van der Waals surface area (Å²) in [6.45, 7) is 3.30. The molecule has 11 nitrogen and oxygen atoms in total. The first-order valence-electron chi connectivity index (χ1n) is 13.8. The molecule has 11 heteroatoms. The SMILES string of the molecule is COc1ccc(C=O)cc1OCc1cc2c(cc1COc1cc(C=O)ccc1OC)OCCOCCOCCOCCO2. The van der Waals surface area contributed by atoms with E-state index in [2.05, 4.69) is 0 Å². The molecule has 0 aliphatic carbocycles. The van der Waals surface area contributed by atoms with Crippen molar-refractivity contribution in [1.82, 2.24) is 0 Å². The minimum atomic E-state index is 0.0937. The van der Waals surface area contributed by atoms with E-state index in [0.717, 1.165) is 23.7 Å². The molecule has 0 atom stereocenters. The third kappa shape index (κ3) is 9.34. The van der Waals surface area contributed by atoms with Gasteiger partial charge in [-0.1, -0.05) is 0 Å². The van der Waals surface area contributed by atoms with E-state index in [9.17, 15) is 9.59 Å². The summed E-state index contributed by atoms with van der Waals surface area (Å²) in [4.78, 5) is 22.8. The Bertz CT molecular complexity index is 1240. The highest BCUT2D eigenvalue weighted by atomic mass is 16.6. The predicted octanol–water partition coefficient (Wildman–Crippen LogP) is 4.31. The zero-order chi connectivity index (χ0) is 30.3. The maximum absolute atomic E-state index is 11.4. The lowest BCUT2D eigenvalue weighted by Crippen LogP contribution is -2.13. The van der Waals surface area contributed by atoms with Crippen molar-refractivity contribution in [3.05, 3.63) is 70.8 Å². The molecule has 0 saturated carbocycles. The molecule has 230 valence electrons. The number of carbonyl (C=O) groups excluding carboxylic acids is 2. The van der Waals surface area contributed by atoms with Crippen molar-refractivity contribution < 1.29 is 52.2 Å². The molecule has 1 heterocycles. The summed E-state index contributed by atoms with van der Waals surface area (Å²) >= 11 is 0. The van der Waals surface area contributed by atoms with E-state index in [1.807, 2.05) is 12.1 Å². The first-order valence-corrected chi connectivity index (χ1v) is 13.8. The molecule has 0 N–H and O–H groups in total. The van der Waals surface area contributed by atoms with Crippen molar-refractivity contribution in [2.45, 2.75) is 13.2 Å². The van der Waals surface area contributed by atoms with Crippen LogP contribution < -0.4 is 28.4 Å². The largest absolute Gasteiger partial charge is 0.493 e. The first-order chi connectivity index (χ1) is 21.1. The summed E-state index contributed by atoms with van der Waals surface area (Å²) in [5.74, 6) is 2.75. The van der Waals surface area contributed by atoms with Crippen LogP contribution >= 0.6 is 0 Å². The summed E-state index contributed by atoms with van der Waals surface area (Å²) in [5.41, 5.74) is 2.36. The Morgan fingerprint density at radius 3 is 1.33 bits per heavy atom. The van der Waals surface area contributed by atoms with Gasteiger partial charge in [0.15, 0.2) is 34.5 Å². The normalized spacial score (nSPS) is 14.5. The van der Waals surface area contributed by atoms with E-state index in [4.69, 9.17) is 42.6 Å². The predicted molar refractivity (Wildman–Crippen MR) is 155 cm³/mol. The van der Waals surface area contributed by atoms with Gasteiger partial charge in [0.05, 0.1) is 53.9 Å². The van der Waals surface area contributed by atoms with E-state index < -0.39 is 0 Å². The Morgan fingerprint density at radius 1 is 0.558 bits per heavy atom. The summed E-state index contributed by atoms with van der Waals surface area (Å²) in [7, 11) is 3.06. The molecule has 0 amide bonds. The molecule has 1 aliphatic rings.